The number of hydrogen-bond acceptors (Lipinski definition) is 8. The number of aromatic nitrogens is 2. The third kappa shape index (κ3) is 5.85. The standard InChI is InChI=1S/C25H32N4O6S/c1-25(2,3)35-22(30)12-17-14-26-7-6-19(17)21-16-27(4)24(31)20-13-18(34-23(20)21)15-28-8-10-29(11-9-28)36(5,32)33/h6-7,13-14,16H,8-12,15H2,1-5H3. The van der Waals surface area contributed by atoms with Gasteiger partial charge in [0.15, 0.2) is 0 Å². The maximum Gasteiger partial charge on any atom is 0.310 e. The number of carbonyl (C=O) groups is 1. The second kappa shape index (κ2) is 9.79. The van der Waals surface area contributed by atoms with Gasteiger partial charge < -0.3 is 13.7 Å². The number of esters is 1. The first kappa shape index (κ1) is 26.1. The number of fused-ring (bicyclic) bond motifs is 1. The number of aryl methyl sites for hydroxylation is 1. The van der Waals surface area contributed by atoms with Gasteiger partial charge in [-0.1, -0.05) is 0 Å². The van der Waals surface area contributed by atoms with Crippen LogP contribution in [0.4, 0.5) is 0 Å². The maximum absolute atomic E-state index is 12.9. The molecule has 1 fully saturated rings. The first-order valence-electron chi connectivity index (χ1n) is 11.8. The summed E-state index contributed by atoms with van der Waals surface area (Å²) in [6.45, 7) is 7.87. The van der Waals surface area contributed by atoms with Crippen LogP contribution in [-0.2, 0) is 39.6 Å². The van der Waals surface area contributed by atoms with E-state index in [1.54, 1.807) is 37.8 Å². The summed E-state index contributed by atoms with van der Waals surface area (Å²) >= 11 is 0. The molecule has 1 aliphatic rings. The summed E-state index contributed by atoms with van der Waals surface area (Å²) in [4.78, 5) is 31.7. The molecule has 0 unspecified atom stereocenters. The lowest BCUT2D eigenvalue weighted by atomic mass is 10.00. The molecule has 1 saturated heterocycles. The second-order valence-electron chi connectivity index (χ2n) is 10.1. The molecular formula is C25H32N4O6S. The fourth-order valence-corrected chi connectivity index (χ4v) is 5.20. The van der Waals surface area contributed by atoms with Gasteiger partial charge in [-0.3, -0.25) is 19.5 Å². The van der Waals surface area contributed by atoms with E-state index in [9.17, 15) is 18.0 Å². The van der Waals surface area contributed by atoms with Crippen molar-refractivity contribution in [3.63, 3.8) is 0 Å². The third-order valence-electron chi connectivity index (χ3n) is 6.03. The Morgan fingerprint density at radius 2 is 1.86 bits per heavy atom. The highest BCUT2D eigenvalue weighted by Gasteiger charge is 2.25. The van der Waals surface area contributed by atoms with Crippen LogP contribution < -0.4 is 5.56 Å². The van der Waals surface area contributed by atoms with E-state index in [4.69, 9.17) is 9.15 Å². The minimum absolute atomic E-state index is 0.0307. The number of rotatable bonds is 6. The van der Waals surface area contributed by atoms with Crippen molar-refractivity contribution in [3.8, 4) is 11.1 Å². The molecule has 0 atom stereocenters. The van der Waals surface area contributed by atoms with Gasteiger partial charge in [0.2, 0.25) is 10.0 Å². The predicted molar refractivity (Wildman–Crippen MR) is 136 cm³/mol. The molecule has 0 amide bonds. The van der Waals surface area contributed by atoms with Crippen molar-refractivity contribution >= 4 is 27.0 Å². The third-order valence-corrected chi connectivity index (χ3v) is 7.33. The number of furan rings is 1. The van der Waals surface area contributed by atoms with Crippen LogP contribution >= 0.6 is 0 Å². The number of sulfonamides is 1. The zero-order valence-corrected chi connectivity index (χ0v) is 22.1. The summed E-state index contributed by atoms with van der Waals surface area (Å²) in [5, 5.41) is 0.444. The molecule has 4 rings (SSSR count). The van der Waals surface area contributed by atoms with E-state index in [1.165, 1.54) is 15.1 Å². The molecule has 11 heteroatoms. The summed E-state index contributed by atoms with van der Waals surface area (Å²) in [5.74, 6) is 0.247. The van der Waals surface area contributed by atoms with Crippen molar-refractivity contribution < 1.29 is 22.4 Å². The zero-order chi connectivity index (χ0) is 26.3. The van der Waals surface area contributed by atoms with E-state index < -0.39 is 15.6 Å². The van der Waals surface area contributed by atoms with Gasteiger partial charge in [0.25, 0.3) is 5.56 Å². The molecule has 3 aromatic rings. The van der Waals surface area contributed by atoms with E-state index in [1.807, 2.05) is 20.8 Å². The average Bonchev–Trinajstić information content (AvgIpc) is 3.19. The Balaban J connectivity index is 1.66. The minimum atomic E-state index is -3.21. The first-order chi connectivity index (χ1) is 16.8. The Morgan fingerprint density at radius 3 is 2.50 bits per heavy atom. The number of nitrogens with zero attached hydrogens (tertiary/aromatic N) is 4. The number of pyridine rings is 2. The lowest BCUT2D eigenvalue weighted by molar-refractivity contribution is -0.153. The number of ether oxygens (including phenoxy) is 1. The van der Waals surface area contributed by atoms with Crippen molar-refractivity contribution in [2.24, 2.45) is 7.05 Å². The van der Waals surface area contributed by atoms with Crippen molar-refractivity contribution in [2.45, 2.75) is 39.3 Å². The first-order valence-corrected chi connectivity index (χ1v) is 13.6. The van der Waals surface area contributed by atoms with Crippen LogP contribution in [0.2, 0.25) is 0 Å². The van der Waals surface area contributed by atoms with Crippen LogP contribution in [0.15, 0.2) is 39.9 Å². The van der Waals surface area contributed by atoms with Gasteiger partial charge in [0, 0.05) is 57.4 Å². The van der Waals surface area contributed by atoms with Gasteiger partial charge in [0.05, 0.1) is 24.6 Å². The highest BCUT2D eigenvalue weighted by atomic mass is 32.2. The lowest BCUT2D eigenvalue weighted by Gasteiger charge is -2.32. The molecule has 36 heavy (non-hydrogen) atoms. The summed E-state index contributed by atoms with van der Waals surface area (Å²) in [6.07, 6.45) is 6.21. The molecule has 0 spiro atoms. The molecule has 0 aromatic carbocycles. The molecule has 0 radical (unpaired) electrons. The van der Waals surface area contributed by atoms with Gasteiger partial charge in [-0.05, 0) is 44.0 Å². The van der Waals surface area contributed by atoms with Crippen LogP contribution in [-0.4, -0.2) is 71.2 Å². The molecule has 1 aliphatic heterocycles. The molecule has 0 bridgehead atoms. The smallest absolute Gasteiger partial charge is 0.310 e. The number of piperazine rings is 1. The van der Waals surface area contributed by atoms with E-state index in [0.717, 1.165) is 5.56 Å². The Kier molecular flexibility index (Phi) is 7.09. The fourth-order valence-electron chi connectivity index (χ4n) is 4.38. The molecule has 10 nitrogen and oxygen atoms in total. The number of hydrogen-bond donors (Lipinski definition) is 0. The van der Waals surface area contributed by atoms with E-state index >= 15 is 0 Å². The lowest BCUT2D eigenvalue weighted by Crippen LogP contribution is -2.47. The Bertz CT molecular complexity index is 1440. The Morgan fingerprint density at radius 1 is 1.17 bits per heavy atom. The number of carbonyl (C=O) groups excluding carboxylic acids is 1. The molecule has 0 saturated carbocycles. The van der Waals surface area contributed by atoms with Crippen molar-refractivity contribution in [2.75, 3.05) is 32.4 Å². The molecule has 0 N–H and O–H groups in total. The van der Waals surface area contributed by atoms with Crippen LogP contribution in [0.25, 0.3) is 22.1 Å². The summed E-state index contributed by atoms with van der Waals surface area (Å²) < 4.78 is 38.2. The molecular weight excluding hydrogens is 484 g/mol. The van der Waals surface area contributed by atoms with E-state index in [0.29, 0.717) is 60.6 Å². The maximum atomic E-state index is 12.9. The quantitative estimate of drug-likeness (QED) is 0.458. The van der Waals surface area contributed by atoms with Gasteiger partial charge >= 0.3 is 5.97 Å². The van der Waals surface area contributed by atoms with E-state index in [2.05, 4.69) is 9.88 Å². The topological polar surface area (TPSA) is 115 Å². The van der Waals surface area contributed by atoms with Crippen LogP contribution in [0.3, 0.4) is 0 Å². The molecule has 194 valence electrons. The Hall–Kier alpha value is -3.02. The predicted octanol–water partition coefficient (Wildman–Crippen LogP) is 2.15. The van der Waals surface area contributed by atoms with E-state index in [-0.39, 0.29) is 17.9 Å². The van der Waals surface area contributed by atoms with Crippen molar-refractivity contribution in [3.05, 3.63) is 52.4 Å². The highest BCUT2D eigenvalue weighted by Crippen LogP contribution is 2.32. The van der Waals surface area contributed by atoms with Gasteiger partial charge in [-0.2, -0.15) is 4.31 Å². The molecule has 0 aliphatic carbocycles. The molecule has 3 aromatic heterocycles. The summed E-state index contributed by atoms with van der Waals surface area (Å²) in [7, 11) is -1.53. The average molecular weight is 517 g/mol. The normalized spacial score (nSPS) is 15.9. The van der Waals surface area contributed by atoms with Crippen LogP contribution in [0.5, 0.6) is 0 Å². The Labute approximate surface area is 210 Å². The minimum Gasteiger partial charge on any atom is -0.460 e. The summed E-state index contributed by atoms with van der Waals surface area (Å²) in [6, 6.07) is 3.55. The zero-order valence-electron chi connectivity index (χ0n) is 21.3. The SMILES string of the molecule is Cn1cc(-c2ccncc2CC(=O)OC(C)(C)C)c2oc(CN3CCN(S(C)(=O)=O)CC3)cc2c1=O. The van der Waals surface area contributed by atoms with Crippen LogP contribution in [0.1, 0.15) is 32.1 Å². The highest BCUT2D eigenvalue weighted by molar-refractivity contribution is 7.88. The van der Waals surface area contributed by atoms with Crippen molar-refractivity contribution in [1.82, 2.24) is 18.8 Å². The van der Waals surface area contributed by atoms with Crippen molar-refractivity contribution in [1.29, 1.82) is 0 Å². The molecule has 4 heterocycles. The van der Waals surface area contributed by atoms with Crippen LogP contribution in [0, 0.1) is 0 Å². The van der Waals surface area contributed by atoms with Gasteiger partial charge in [0.1, 0.15) is 16.9 Å². The second-order valence-corrected chi connectivity index (χ2v) is 12.1. The largest absolute Gasteiger partial charge is 0.460 e. The summed E-state index contributed by atoms with van der Waals surface area (Å²) in [5.41, 5.74) is 1.74. The van der Waals surface area contributed by atoms with Gasteiger partial charge in [-0.25, -0.2) is 8.42 Å². The fraction of sp³-hybridized carbons (Fsp3) is 0.480. The van der Waals surface area contributed by atoms with Gasteiger partial charge in [-0.15, -0.1) is 0 Å². The monoisotopic (exact) mass is 516 g/mol.